The fourth-order valence-corrected chi connectivity index (χ4v) is 7.89. The number of H-pyrrole nitrogens is 1. The van der Waals surface area contributed by atoms with E-state index in [1.807, 2.05) is 42.2 Å². The number of nitrogens with one attached hydrogen (secondary N) is 2. The number of nitrogen functional groups attached to an aromatic ring is 1. The zero-order valence-electron chi connectivity index (χ0n) is 26.4. The minimum atomic E-state index is -0.116. The first-order valence-corrected chi connectivity index (χ1v) is 16.7. The number of carbonyl (C=O) groups is 1. The predicted octanol–water partition coefficient (Wildman–Crippen LogP) is 7.74. The van der Waals surface area contributed by atoms with E-state index in [0.717, 1.165) is 57.5 Å². The van der Waals surface area contributed by atoms with Crippen molar-refractivity contribution in [2.24, 2.45) is 11.8 Å². The van der Waals surface area contributed by atoms with Crippen LogP contribution in [0.15, 0.2) is 72.8 Å². The van der Waals surface area contributed by atoms with Crippen LogP contribution in [0.25, 0.3) is 33.5 Å². The van der Waals surface area contributed by atoms with Gasteiger partial charge in [-0.2, -0.15) is 4.98 Å². The summed E-state index contributed by atoms with van der Waals surface area (Å²) in [4.78, 5) is 30.5. The summed E-state index contributed by atoms with van der Waals surface area (Å²) in [7, 11) is 0. The molecule has 3 aromatic carbocycles. The van der Waals surface area contributed by atoms with Crippen LogP contribution >= 0.6 is 0 Å². The van der Waals surface area contributed by atoms with Gasteiger partial charge in [0.05, 0.1) is 5.69 Å². The summed E-state index contributed by atoms with van der Waals surface area (Å²) in [5.74, 6) is 1.94. The number of carbonyl (C=O) groups excluding carboxylic acids is 1. The van der Waals surface area contributed by atoms with E-state index in [0.29, 0.717) is 18.7 Å². The van der Waals surface area contributed by atoms with Crippen molar-refractivity contribution in [2.45, 2.75) is 58.7 Å². The summed E-state index contributed by atoms with van der Waals surface area (Å²) in [5.41, 5.74) is 16.1. The summed E-state index contributed by atoms with van der Waals surface area (Å²) in [6, 6.07) is 25.0. The fourth-order valence-electron chi connectivity index (χ4n) is 7.89. The van der Waals surface area contributed by atoms with Crippen LogP contribution in [-0.2, 0) is 19.6 Å². The lowest BCUT2D eigenvalue weighted by molar-refractivity contribution is 0.192. The first-order chi connectivity index (χ1) is 22.5. The molecule has 8 heteroatoms. The van der Waals surface area contributed by atoms with Crippen LogP contribution in [-0.4, -0.2) is 43.9 Å². The van der Waals surface area contributed by atoms with Gasteiger partial charge in [-0.3, -0.25) is 4.90 Å². The Morgan fingerprint density at radius 2 is 1.63 bits per heavy atom. The Labute approximate surface area is 270 Å². The minimum absolute atomic E-state index is 0.116. The van der Waals surface area contributed by atoms with E-state index in [-0.39, 0.29) is 12.0 Å². The largest absolute Gasteiger partial charge is 0.368 e. The molecule has 2 unspecified atom stereocenters. The molecule has 0 radical (unpaired) electrons. The number of amides is 2. The van der Waals surface area contributed by atoms with Crippen LogP contribution in [0, 0.1) is 18.8 Å². The molecule has 2 fully saturated rings. The van der Waals surface area contributed by atoms with E-state index in [1.54, 1.807) is 0 Å². The van der Waals surface area contributed by atoms with E-state index in [1.165, 1.54) is 61.9 Å². The molecule has 2 atom stereocenters. The molecule has 1 saturated heterocycles. The third kappa shape index (κ3) is 5.62. The number of urea groups is 1. The van der Waals surface area contributed by atoms with Gasteiger partial charge < -0.3 is 20.9 Å². The standard InChI is InChI=1S/C38H41N7O/c1-24-31(10-5-11-33(24)41-38(46)45-22-29-8-2-3-9-30(29)23-45)35-32-18-34(40-36(32)43-37(39)42-35)28-16-14-27(15-17-28)21-44-19-25-6-4-7-26(20-44)13-12-25/h2-3,5,8-11,14-18,25-26H,4,6-7,12-13,19-23H2,1H3,(H,41,46)(H3,39,40,42,43). The highest BCUT2D eigenvalue weighted by atomic mass is 16.2. The molecule has 8 rings (SSSR count). The van der Waals surface area contributed by atoms with Crippen LogP contribution < -0.4 is 11.1 Å². The predicted molar refractivity (Wildman–Crippen MR) is 184 cm³/mol. The quantitative estimate of drug-likeness (QED) is 0.189. The van der Waals surface area contributed by atoms with Crippen molar-refractivity contribution in [3.63, 3.8) is 0 Å². The summed E-state index contributed by atoms with van der Waals surface area (Å²) in [6.07, 6.45) is 7.02. The first kappa shape index (κ1) is 28.8. The van der Waals surface area contributed by atoms with Gasteiger partial charge in [0, 0.05) is 55.1 Å². The maximum absolute atomic E-state index is 13.3. The molecule has 46 heavy (non-hydrogen) atoms. The normalized spacial score (nSPS) is 19.6. The summed E-state index contributed by atoms with van der Waals surface area (Å²) in [6.45, 7) is 6.71. The summed E-state index contributed by atoms with van der Waals surface area (Å²) >= 11 is 0. The topological polar surface area (TPSA) is 103 Å². The number of anilines is 2. The van der Waals surface area contributed by atoms with Gasteiger partial charge in [0.1, 0.15) is 5.65 Å². The van der Waals surface area contributed by atoms with E-state index in [9.17, 15) is 4.79 Å². The molecule has 0 spiro atoms. The molecule has 8 nitrogen and oxygen atoms in total. The molecule has 234 valence electrons. The molecule has 1 saturated carbocycles. The third-order valence-electron chi connectivity index (χ3n) is 10.4. The third-order valence-corrected chi connectivity index (χ3v) is 10.4. The van der Waals surface area contributed by atoms with Gasteiger partial charge in [-0.05, 0) is 84.4 Å². The van der Waals surface area contributed by atoms with Crippen molar-refractivity contribution in [2.75, 3.05) is 24.1 Å². The zero-order chi connectivity index (χ0) is 31.2. The van der Waals surface area contributed by atoms with Crippen molar-refractivity contribution in [1.82, 2.24) is 24.8 Å². The average molecular weight is 612 g/mol. The molecule has 4 heterocycles. The molecule has 3 aliphatic rings. The van der Waals surface area contributed by atoms with Crippen molar-refractivity contribution < 1.29 is 4.79 Å². The average Bonchev–Trinajstić information content (AvgIpc) is 3.55. The molecular formula is C38H41N7O. The monoisotopic (exact) mass is 611 g/mol. The zero-order valence-corrected chi connectivity index (χ0v) is 26.4. The smallest absolute Gasteiger partial charge is 0.322 e. The van der Waals surface area contributed by atoms with Crippen LogP contribution in [0.5, 0.6) is 0 Å². The second-order valence-electron chi connectivity index (χ2n) is 13.5. The highest BCUT2D eigenvalue weighted by Gasteiger charge is 2.27. The molecular weight excluding hydrogens is 570 g/mol. The number of nitrogens with zero attached hydrogens (tertiary/aromatic N) is 4. The van der Waals surface area contributed by atoms with Gasteiger partial charge in [-0.25, -0.2) is 9.78 Å². The molecule has 2 aliphatic heterocycles. The number of aromatic nitrogens is 3. The van der Waals surface area contributed by atoms with E-state index >= 15 is 0 Å². The summed E-state index contributed by atoms with van der Waals surface area (Å²) < 4.78 is 0. The molecule has 2 amide bonds. The Morgan fingerprint density at radius 3 is 2.35 bits per heavy atom. The van der Waals surface area contributed by atoms with Gasteiger partial charge in [0.25, 0.3) is 0 Å². The number of aromatic amines is 1. The number of benzene rings is 3. The maximum Gasteiger partial charge on any atom is 0.322 e. The van der Waals surface area contributed by atoms with Crippen molar-refractivity contribution in [3.8, 4) is 22.5 Å². The molecule has 5 aromatic rings. The second kappa shape index (κ2) is 11.9. The van der Waals surface area contributed by atoms with Gasteiger partial charge in [-0.1, -0.05) is 67.1 Å². The molecule has 2 aromatic heterocycles. The SMILES string of the molecule is Cc1c(NC(=O)N2Cc3ccccc3C2)cccc1-c1nc(N)nc2[nH]c(-c3ccc(CN4CC5CCCC(CC5)C4)cc3)cc12. The number of rotatable bonds is 5. The molecule has 1 aliphatic carbocycles. The lowest BCUT2D eigenvalue weighted by Gasteiger charge is -2.28. The number of hydrogen-bond acceptors (Lipinski definition) is 5. The Kier molecular flexibility index (Phi) is 7.45. The van der Waals surface area contributed by atoms with Crippen molar-refractivity contribution >= 4 is 28.7 Å². The number of fused-ring (bicyclic) bond motifs is 5. The summed E-state index contributed by atoms with van der Waals surface area (Å²) in [5, 5.41) is 4.04. The van der Waals surface area contributed by atoms with Crippen LogP contribution in [0.2, 0.25) is 0 Å². The van der Waals surface area contributed by atoms with E-state index in [2.05, 4.69) is 62.6 Å². The molecule has 2 bridgehead atoms. The van der Waals surface area contributed by atoms with Crippen LogP contribution in [0.1, 0.15) is 54.4 Å². The molecule has 4 N–H and O–H groups in total. The van der Waals surface area contributed by atoms with Crippen LogP contribution in [0.4, 0.5) is 16.4 Å². The maximum atomic E-state index is 13.3. The van der Waals surface area contributed by atoms with Gasteiger partial charge in [0.15, 0.2) is 0 Å². The van der Waals surface area contributed by atoms with Gasteiger partial charge in [0.2, 0.25) is 5.95 Å². The Morgan fingerprint density at radius 1 is 0.913 bits per heavy atom. The second-order valence-corrected chi connectivity index (χ2v) is 13.5. The van der Waals surface area contributed by atoms with Crippen LogP contribution in [0.3, 0.4) is 0 Å². The lowest BCUT2D eigenvalue weighted by atomic mass is 9.99. The highest BCUT2D eigenvalue weighted by molar-refractivity contribution is 5.98. The Balaban J connectivity index is 1.03. The number of hydrogen-bond donors (Lipinski definition) is 3. The fraction of sp³-hybridized carbons (Fsp3) is 0.342. The minimum Gasteiger partial charge on any atom is -0.368 e. The van der Waals surface area contributed by atoms with Crippen molar-refractivity contribution in [3.05, 3.63) is 95.1 Å². The van der Waals surface area contributed by atoms with Gasteiger partial charge >= 0.3 is 6.03 Å². The highest BCUT2D eigenvalue weighted by Crippen LogP contribution is 2.36. The Hall–Kier alpha value is -4.69. The van der Waals surface area contributed by atoms with Crippen molar-refractivity contribution in [1.29, 1.82) is 0 Å². The van der Waals surface area contributed by atoms with E-state index in [4.69, 9.17) is 10.7 Å². The lowest BCUT2D eigenvalue weighted by Crippen LogP contribution is -2.32. The number of likely N-dealkylation sites (tertiary alicyclic amines) is 1. The number of nitrogens with two attached hydrogens (primary N) is 1. The van der Waals surface area contributed by atoms with Gasteiger partial charge in [-0.15, -0.1) is 0 Å². The first-order valence-electron chi connectivity index (χ1n) is 16.7. The Bertz CT molecular complexity index is 1870. The van der Waals surface area contributed by atoms with E-state index < -0.39 is 0 Å².